The van der Waals surface area contributed by atoms with Gasteiger partial charge in [-0.05, 0) is 49.9 Å². The van der Waals surface area contributed by atoms with Crippen LogP contribution in [0.3, 0.4) is 0 Å². The molecule has 3 aromatic rings. The number of amides is 1. The largest absolute Gasteiger partial charge is 0.349 e. The Morgan fingerprint density at radius 2 is 1.93 bits per heavy atom. The van der Waals surface area contributed by atoms with E-state index in [9.17, 15) is 14.0 Å². The van der Waals surface area contributed by atoms with E-state index in [1.54, 1.807) is 22.9 Å². The summed E-state index contributed by atoms with van der Waals surface area (Å²) in [4.78, 5) is 33.6. The van der Waals surface area contributed by atoms with Crippen LogP contribution < -0.4 is 11.0 Å². The van der Waals surface area contributed by atoms with Crippen LogP contribution in [0.5, 0.6) is 0 Å². The molecule has 154 valence electrons. The number of nitrogens with one attached hydrogen (secondary N) is 1. The second-order valence-corrected chi connectivity index (χ2v) is 8.02. The van der Waals surface area contributed by atoms with Crippen LogP contribution >= 0.6 is 11.8 Å². The number of fused-ring (bicyclic) bond motifs is 1. The van der Waals surface area contributed by atoms with Crippen molar-refractivity contribution >= 4 is 23.4 Å². The first-order valence-electron chi connectivity index (χ1n) is 9.81. The summed E-state index contributed by atoms with van der Waals surface area (Å²) in [6.07, 6.45) is 5.36. The molecule has 0 atom stereocenters. The summed E-state index contributed by atoms with van der Waals surface area (Å²) in [6.45, 7) is 0.383. The van der Waals surface area contributed by atoms with Crippen LogP contribution in [0.15, 0.2) is 58.5 Å². The number of nitrogens with zero attached hydrogens (tertiary/aromatic N) is 3. The molecule has 1 aromatic carbocycles. The third kappa shape index (κ3) is 4.59. The molecule has 2 aromatic heterocycles. The minimum absolute atomic E-state index is 0.0530. The molecule has 0 fully saturated rings. The molecular weight excluding hydrogens is 403 g/mol. The van der Waals surface area contributed by atoms with Gasteiger partial charge in [-0.2, -0.15) is 4.98 Å². The average molecular weight is 425 g/mol. The van der Waals surface area contributed by atoms with Crippen molar-refractivity contribution in [3.8, 4) is 0 Å². The lowest BCUT2D eigenvalue weighted by Gasteiger charge is -2.22. The summed E-state index contributed by atoms with van der Waals surface area (Å²) in [7, 11) is 0. The van der Waals surface area contributed by atoms with Gasteiger partial charge in [0, 0.05) is 17.5 Å². The highest BCUT2D eigenvalue weighted by atomic mass is 32.2. The number of pyridine rings is 1. The lowest BCUT2D eigenvalue weighted by atomic mass is 9.97. The summed E-state index contributed by atoms with van der Waals surface area (Å²) in [5.41, 5.74) is 2.62. The molecule has 1 N–H and O–H groups in total. The molecule has 8 heteroatoms. The van der Waals surface area contributed by atoms with E-state index in [0.717, 1.165) is 42.6 Å². The van der Waals surface area contributed by atoms with E-state index in [-0.39, 0.29) is 23.0 Å². The van der Waals surface area contributed by atoms with E-state index < -0.39 is 5.82 Å². The standard InChI is InChI=1S/C22H21FN4O2S/c23-17-9-2-3-10-18(17)25-20(28)14-30-21-16-8-1-4-11-19(16)27(22(29)26-21)13-15-7-5-6-12-24-15/h2-3,5-7,9-10,12H,1,4,8,11,13-14H2,(H,25,28). The van der Waals surface area contributed by atoms with Gasteiger partial charge in [0.05, 0.1) is 23.7 Å². The maximum Gasteiger partial charge on any atom is 0.349 e. The highest BCUT2D eigenvalue weighted by Crippen LogP contribution is 2.28. The van der Waals surface area contributed by atoms with Gasteiger partial charge in [-0.25, -0.2) is 9.18 Å². The number of hydrogen-bond acceptors (Lipinski definition) is 5. The molecule has 1 aliphatic rings. The number of benzene rings is 1. The Bertz CT molecular complexity index is 1120. The molecule has 0 bridgehead atoms. The van der Waals surface area contributed by atoms with Gasteiger partial charge in [-0.1, -0.05) is 30.0 Å². The fourth-order valence-electron chi connectivity index (χ4n) is 3.57. The van der Waals surface area contributed by atoms with Crippen molar-refractivity contribution in [3.63, 3.8) is 0 Å². The van der Waals surface area contributed by atoms with Gasteiger partial charge >= 0.3 is 5.69 Å². The van der Waals surface area contributed by atoms with E-state index in [2.05, 4.69) is 15.3 Å². The van der Waals surface area contributed by atoms with E-state index in [1.165, 1.54) is 23.9 Å². The zero-order chi connectivity index (χ0) is 20.9. The minimum atomic E-state index is -0.483. The summed E-state index contributed by atoms with van der Waals surface area (Å²) in [6, 6.07) is 11.6. The molecule has 0 unspecified atom stereocenters. The molecule has 0 spiro atoms. The zero-order valence-corrected chi connectivity index (χ0v) is 17.1. The van der Waals surface area contributed by atoms with Crippen LogP contribution in [0.2, 0.25) is 0 Å². The number of thioether (sulfide) groups is 1. The lowest BCUT2D eigenvalue weighted by Crippen LogP contribution is -2.31. The van der Waals surface area contributed by atoms with Crippen molar-refractivity contribution < 1.29 is 9.18 Å². The average Bonchev–Trinajstić information content (AvgIpc) is 2.77. The second-order valence-electron chi connectivity index (χ2n) is 7.06. The number of anilines is 1. The summed E-state index contributed by atoms with van der Waals surface area (Å²) >= 11 is 1.22. The number of aromatic nitrogens is 3. The van der Waals surface area contributed by atoms with Crippen molar-refractivity contribution in [2.24, 2.45) is 0 Å². The van der Waals surface area contributed by atoms with Crippen LogP contribution in [0.25, 0.3) is 0 Å². The Hall–Kier alpha value is -3.00. The van der Waals surface area contributed by atoms with Crippen LogP contribution in [0, 0.1) is 5.82 Å². The van der Waals surface area contributed by atoms with Crippen molar-refractivity contribution in [2.75, 3.05) is 11.1 Å². The van der Waals surface area contributed by atoms with E-state index in [4.69, 9.17) is 0 Å². The van der Waals surface area contributed by atoms with Gasteiger partial charge in [0.2, 0.25) is 5.91 Å². The quantitative estimate of drug-likeness (QED) is 0.485. The SMILES string of the molecule is O=C(CSc1nc(=O)n(Cc2ccccn2)c2c1CCCC2)Nc1ccccc1F. The Labute approximate surface area is 177 Å². The maximum atomic E-state index is 13.7. The third-order valence-electron chi connectivity index (χ3n) is 4.98. The number of halogens is 1. The first-order chi connectivity index (χ1) is 14.6. The van der Waals surface area contributed by atoms with E-state index >= 15 is 0 Å². The van der Waals surface area contributed by atoms with Crippen molar-refractivity contribution in [3.05, 3.63) is 81.9 Å². The first-order valence-corrected chi connectivity index (χ1v) is 10.8. The van der Waals surface area contributed by atoms with Gasteiger partial charge in [-0.3, -0.25) is 14.3 Å². The summed E-state index contributed by atoms with van der Waals surface area (Å²) in [5, 5.41) is 3.16. The molecule has 0 radical (unpaired) electrons. The van der Waals surface area contributed by atoms with Gasteiger partial charge in [0.25, 0.3) is 0 Å². The predicted molar refractivity (Wildman–Crippen MR) is 114 cm³/mol. The number of rotatable bonds is 6. The van der Waals surface area contributed by atoms with Gasteiger partial charge < -0.3 is 5.32 Å². The number of carbonyl (C=O) groups excluding carboxylic acids is 1. The Morgan fingerprint density at radius 1 is 1.13 bits per heavy atom. The Kier molecular flexibility index (Phi) is 6.23. The van der Waals surface area contributed by atoms with E-state index in [0.29, 0.717) is 11.6 Å². The van der Waals surface area contributed by atoms with Gasteiger partial charge in [-0.15, -0.1) is 0 Å². The predicted octanol–water partition coefficient (Wildman–Crippen LogP) is 3.44. The monoisotopic (exact) mass is 424 g/mol. The fraction of sp³-hybridized carbons (Fsp3) is 0.273. The molecule has 0 saturated heterocycles. The minimum Gasteiger partial charge on any atom is -0.323 e. The number of hydrogen-bond donors (Lipinski definition) is 1. The van der Waals surface area contributed by atoms with Crippen molar-refractivity contribution in [2.45, 2.75) is 37.3 Å². The highest BCUT2D eigenvalue weighted by molar-refractivity contribution is 8.00. The van der Waals surface area contributed by atoms with Crippen LogP contribution in [0.4, 0.5) is 10.1 Å². The van der Waals surface area contributed by atoms with Crippen LogP contribution in [-0.4, -0.2) is 26.2 Å². The second kappa shape index (κ2) is 9.21. The molecular formula is C22H21FN4O2S. The first kappa shape index (κ1) is 20.3. The molecule has 1 aliphatic carbocycles. The summed E-state index contributed by atoms with van der Waals surface area (Å²) in [5.74, 6) is -0.769. The van der Waals surface area contributed by atoms with E-state index in [1.807, 2.05) is 18.2 Å². The number of carbonyl (C=O) groups is 1. The van der Waals surface area contributed by atoms with Gasteiger partial charge in [0.15, 0.2) is 0 Å². The van der Waals surface area contributed by atoms with Crippen LogP contribution in [0.1, 0.15) is 29.8 Å². The highest BCUT2D eigenvalue weighted by Gasteiger charge is 2.21. The van der Waals surface area contributed by atoms with Crippen LogP contribution in [-0.2, 0) is 24.2 Å². The molecule has 0 saturated carbocycles. The van der Waals surface area contributed by atoms with Crippen molar-refractivity contribution in [1.82, 2.24) is 14.5 Å². The zero-order valence-electron chi connectivity index (χ0n) is 16.3. The smallest absolute Gasteiger partial charge is 0.323 e. The normalized spacial score (nSPS) is 13.0. The molecule has 0 aliphatic heterocycles. The fourth-order valence-corrected chi connectivity index (χ4v) is 4.44. The van der Waals surface area contributed by atoms with Gasteiger partial charge in [0.1, 0.15) is 10.8 Å². The molecule has 2 heterocycles. The Morgan fingerprint density at radius 3 is 2.73 bits per heavy atom. The maximum absolute atomic E-state index is 13.7. The molecule has 4 rings (SSSR count). The topological polar surface area (TPSA) is 76.9 Å². The number of para-hydroxylation sites is 1. The lowest BCUT2D eigenvalue weighted by molar-refractivity contribution is -0.113. The van der Waals surface area contributed by atoms with Crippen molar-refractivity contribution in [1.29, 1.82) is 0 Å². The molecule has 1 amide bonds. The Balaban J connectivity index is 1.54. The molecule has 6 nitrogen and oxygen atoms in total. The third-order valence-corrected chi connectivity index (χ3v) is 6.00. The molecule has 30 heavy (non-hydrogen) atoms. The summed E-state index contributed by atoms with van der Waals surface area (Å²) < 4.78 is 15.4.